The van der Waals surface area contributed by atoms with Crippen LogP contribution in [0.4, 0.5) is 0 Å². The molecule has 20 heavy (non-hydrogen) atoms. The Labute approximate surface area is 122 Å². The zero-order chi connectivity index (χ0) is 14.6. The van der Waals surface area contributed by atoms with Gasteiger partial charge in [-0.05, 0) is 30.0 Å². The molecule has 1 aliphatic heterocycles. The van der Waals surface area contributed by atoms with Crippen LogP contribution in [-0.4, -0.2) is 19.0 Å². The summed E-state index contributed by atoms with van der Waals surface area (Å²) >= 11 is 0. The number of unbranched alkanes of at least 4 members (excludes halogenated alkanes) is 3. The lowest BCUT2D eigenvalue weighted by Crippen LogP contribution is -2.31. The number of sulfonamides is 1. The minimum Gasteiger partial charge on any atom is -0.270 e. The second kappa shape index (κ2) is 6.44. The minimum absolute atomic E-state index is 0.467. The van der Waals surface area contributed by atoms with E-state index in [0.29, 0.717) is 6.54 Å². The summed E-state index contributed by atoms with van der Waals surface area (Å²) in [6.45, 7) is 2.65. The van der Waals surface area contributed by atoms with E-state index in [1.165, 1.54) is 19.1 Å². The highest BCUT2D eigenvalue weighted by atomic mass is 32.2. The van der Waals surface area contributed by atoms with Gasteiger partial charge in [0.25, 0.3) is 0 Å². The van der Waals surface area contributed by atoms with Crippen LogP contribution in [0.25, 0.3) is 6.08 Å². The van der Waals surface area contributed by atoms with Crippen molar-refractivity contribution in [1.82, 2.24) is 4.31 Å². The van der Waals surface area contributed by atoms with E-state index < -0.39 is 10.0 Å². The van der Waals surface area contributed by atoms with Gasteiger partial charge in [0.05, 0.1) is 12.8 Å². The van der Waals surface area contributed by atoms with Crippen LogP contribution in [0.3, 0.4) is 0 Å². The first-order valence-corrected chi connectivity index (χ1v) is 9.13. The maximum absolute atomic E-state index is 12.0. The molecule has 0 saturated carbocycles. The fraction of sp³-hybridized carbons (Fsp3) is 0.500. The summed E-state index contributed by atoms with van der Waals surface area (Å²) in [5.74, 6) is 0. The number of hydrogen-bond donors (Lipinski definition) is 0. The molecule has 0 unspecified atom stereocenters. The van der Waals surface area contributed by atoms with Gasteiger partial charge in [-0.2, -0.15) is 0 Å². The zero-order valence-corrected chi connectivity index (χ0v) is 13.1. The van der Waals surface area contributed by atoms with Crippen molar-refractivity contribution in [3.8, 4) is 0 Å². The first-order chi connectivity index (χ1) is 9.52. The monoisotopic (exact) mass is 293 g/mol. The van der Waals surface area contributed by atoms with Gasteiger partial charge in [0.15, 0.2) is 0 Å². The topological polar surface area (TPSA) is 37.4 Å². The third-order valence-corrected chi connectivity index (χ3v) is 4.86. The van der Waals surface area contributed by atoms with Gasteiger partial charge in [-0.15, -0.1) is 0 Å². The van der Waals surface area contributed by atoms with Crippen LogP contribution in [0.1, 0.15) is 50.2 Å². The molecule has 0 fully saturated rings. The van der Waals surface area contributed by atoms with Gasteiger partial charge in [0.1, 0.15) is 0 Å². The fourth-order valence-electron chi connectivity index (χ4n) is 2.59. The molecule has 3 nitrogen and oxygen atoms in total. The van der Waals surface area contributed by atoms with Crippen LogP contribution in [0.5, 0.6) is 0 Å². The Balaban J connectivity index is 2.21. The first-order valence-electron chi connectivity index (χ1n) is 7.28. The molecule has 0 atom stereocenters. The number of nitrogens with zero attached hydrogens (tertiary/aromatic N) is 1. The molecule has 2 rings (SSSR count). The van der Waals surface area contributed by atoms with E-state index in [1.54, 1.807) is 4.31 Å². The number of fused-ring (bicyclic) bond motifs is 1. The van der Waals surface area contributed by atoms with Gasteiger partial charge >= 0.3 is 0 Å². The third kappa shape index (κ3) is 3.63. The first kappa shape index (κ1) is 15.1. The molecule has 0 bridgehead atoms. The van der Waals surface area contributed by atoms with Crippen molar-refractivity contribution in [2.24, 2.45) is 0 Å². The van der Waals surface area contributed by atoms with Gasteiger partial charge < -0.3 is 0 Å². The van der Waals surface area contributed by atoms with Crippen molar-refractivity contribution in [3.05, 3.63) is 41.1 Å². The Morgan fingerprint density at radius 1 is 1.15 bits per heavy atom. The normalized spacial score (nSPS) is 14.9. The summed E-state index contributed by atoms with van der Waals surface area (Å²) in [6, 6.07) is 8.01. The number of rotatable bonds is 6. The fourth-order valence-corrected chi connectivity index (χ4v) is 3.53. The molecular weight excluding hydrogens is 270 g/mol. The van der Waals surface area contributed by atoms with Crippen molar-refractivity contribution < 1.29 is 8.42 Å². The van der Waals surface area contributed by atoms with E-state index in [0.717, 1.165) is 36.1 Å². The van der Waals surface area contributed by atoms with E-state index in [4.69, 9.17) is 0 Å². The van der Waals surface area contributed by atoms with Crippen LogP contribution in [0.2, 0.25) is 0 Å². The van der Waals surface area contributed by atoms with Gasteiger partial charge in [0, 0.05) is 5.70 Å². The van der Waals surface area contributed by atoms with E-state index in [9.17, 15) is 8.42 Å². The molecule has 0 aromatic heterocycles. The van der Waals surface area contributed by atoms with E-state index in [2.05, 4.69) is 13.0 Å². The number of benzene rings is 1. The lowest BCUT2D eigenvalue weighted by molar-refractivity contribution is 0.455. The van der Waals surface area contributed by atoms with Gasteiger partial charge in [0.2, 0.25) is 10.0 Å². The molecular formula is C16H23NO2S. The zero-order valence-electron chi connectivity index (χ0n) is 12.3. The quantitative estimate of drug-likeness (QED) is 0.749. The summed E-state index contributed by atoms with van der Waals surface area (Å²) in [5.41, 5.74) is 3.16. The molecule has 1 heterocycles. The maximum atomic E-state index is 12.0. The van der Waals surface area contributed by atoms with Crippen molar-refractivity contribution in [1.29, 1.82) is 0 Å². The average molecular weight is 293 g/mol. The lowest BCUT2D eigenvalue weighted by atomic mass is 10.0. The predicted molar refractivity (Wildman–Crippen MR) is 83.6 cm³/mol. The average Bonchev–Trinajstić information content (AvgIpc) is 2.41. The molecule has 1 aliphatic rings. The molecule has 4 heteroatoms. The molecule has 0 saturated heterocycles. The van der Waals surface area contributed by atoms with Crippen LogP contribution in [-0.2, 0) is 16.6 Å². The highest BCUT2D eigenvalue weighted by molar-refractivity contribution is 7.88. The smallest absolute Gasteiger partial charge is 0.232 e. The maximum Gasteiger partial charge on any atom is 0.232 e. The van der Waals surface area contributed by atoms with Crippen molar-refractivity contribution >= 4 is 16.1 Å². The second-order valence-corrected chi connectivity index (χ2v) is 7.32. The summed E-state index contributed by atoms with van der Waals surface area (Å²) in [7, 11) is -3.20. The summed E-state index contributed by atoms with van der Waals surface area (Å²) < 4.78 is 25.5. The van der Waals surface area contributed by atoms with Gasteiger partial charge in [-0.3, -0.25) is 4.31 Å². The number of allylic oxidation sites excluding steroid dienone is 1. The molecule has 110 valence electrons. The van der Waals surface area contributed by atoms with Crippen molar-refractivity contribution in [2.45, 2.75) is 45.6 Å². The van der Waals surface area contributed by atoms with E-state index in [-0.39, 0.29) is 0 Å². The molecule has 1 aromatic rings. The van der Waals surface area contributed by atoms with Crippen LogP contribution in [0, 0.1) is 0 Å². The van der Waals surface area contributed by atoms with Gasteiger partial charge in [-0.1, -0.05) is 50.5 Å². The molecule has 0 amide bonds. The molecule has 0 N–H and O–H groups in total. The highest BCUT2D eigenvalue weighted by Crippen LogP contribution is 2.29. The largest absolute Gasteiger partial charge is 0.270 e. The van der Waals surface area contributed by atoms with Crippen LogP contribution in [0.15, 0.2) is 30.0 Å². The molecule has 0 aliphatic carbocycles. The van der Waals surface area contributed by atoms with Crippen molar-refractivity contribution in [3.63, 3.8) is 0 Å². The summed E-state index contributed by atoms with van der Waals surface area (Å²) in [6.07, 6.45) is 8.77. The second-order valence-electron chi connectivity index (χ2n) is 5.41. The predicted octanol–water partition coefficient (Wildman–Crippen LogP) is 3.77. The van der Waals surface area contributed by atoms with E-state index in [1.807, 2.05) is 24.3 Å². The standard InChI is InChI=1S/C16H23NO2S/c1-3-4-5-6-11-16-12-14-9-7-8-10-15(14)13-17(16)20(2,18)19/h7-10,12H,3-6,11,13H2,1-2H3. The van der Waals surface area contributed by atoms with Crippen LogP contribution < -0.4 is 0 Å². The molecule has 1 aromatic carbocycles. The number of hydrogen-bond acceptors (Lipinski definition) is 2. The van der Waals surface area contributed by atoms with E-state index >= 15 is 0 Å². The highest BCUT2D eigenvalue weighted by Gasteiger charge is 2.24. The van der Waals surface area contributed by atoms with Gasteiger partial charge in [-0.25, -0.2) is 8.42 Å². The molecule has 0 spiro atoms. The minimum atomic E-state index is -3.20. The summed E-state index contributed by atoms with van der Waals surface area (Å²) in [4.78, 5) is 0. The Morgan fingerprint density at radius 3 is 2.60 bits per heavy atom. The lowest BCUT2D eigenvalue weighted by Gasteiger charge is -2.30. The molecule has 0 radical (unpaired) electrons. The summed E-state index contributed by atoms with van der Waals surface area (Å²) in [5, 5.41) is 0. The van der Waals surface area contributed by atoms with Crippen molar-refractivity contribution in [2.75, 3.05) is 6.26 Å². The Morgan fingerprint density at radius 2 is 1.90 bits per heavy atom. The van der Waals surface area contributed by atoms with Crippen LogP contribution >= 0.6 is 0 Å². The SMILES string of the molecule is CCCCCCC1=Cc2ccccc2CN1S(C)(=O)=O. The Hall–Kier alpha value is -1.29. The Kier molecular flexibility index (Phi) is 4.86. The Bertz CT molecular complexity index is 590. The third-order valence-electron chi connectivity index (χ3n) is 3.70.